The zero-order chi connectivity index (χ0) is 42.7. The number of nitrogens with two attached hydrogens (primary N) is 3. The van der Waals surface area contributed by atoms with Gasteiger partial charge in [-0.15, -0.1) is 0 Å². The van der Waals surface area contributed by atoms with Crippen LogP contribution in [0, 0.1) is 0 Å². The van der Waals surface area contributed by atoms with E-state index < -0.39 is 133 Å². The Labute approximate surface area is 330 Å². The Morgan fingerprint density at radius 2 is 1.16 bits per heavy atom. The monoisotopic (exact) mass is 832 g/mol. The second-order valence-corrected chi connectivity index (χ2v) is 12.9. The van der Waals surface area contributed by atoms with Crippen molar-refractivity contribution in [2.24, 2.45) is 17.2 Å². The number of hydrogen-bond donors (Lipinski definition) is 15. The molecule has 0 spiro atoms. The molecule has 56 heavy (non-hydrogen) atoms. The Bertz CT molecular complexity index is 1580. The fourth-order valence-electron chi connectivity index (χ4n) is 4.43. The topological polar surface area (TPSA) is 402 Å². The Morgan fingerprint density at radius 1 is 0.679 bits per heavy atom. The lowest BCUT2D eigenvalue weighted by molar-refractivity contribution is -0.141. The van der Waals surface area contributed by atoms with Crippen molar-refractivity contribution in [1.29, 1.82) is 0 Å². The molecule has 0 unspecified atom stereocenters. The van der Waals surface area contributed by atoms with Crippen molar-refractivity contribution in [1.82, 2.24) is 47.2 Å². The maximum atomic E-state index is 13.3. The van der Waals surface area contributed by atoms with Crippen molar-refractivity contribution in [3.05, 3.63) is 18.2 Å². The summed E-state index contributed by atoms with van der Waals surface area (Å²) in [5.41, 5.74) is 16.4. The number of hydrogen-bond acceptors (Lipinski definition) is 15. The SMILES string of the molecule is C[C@H](NC(=O)[C@H](CC(N)=O)NC(=O)[C@H](C)NC(=O)[C@@H](N)CS)C(=O)N[C@@H](CCC(N)=O)C(=O)N[C@@H](CO)C(=O)N[C@@H](Cc1cnc[nH]1)C(=O)N[C@@H](CS)C(=O)O. The predicted molar refractivity (Wildman–Crippen MR) is 200 cm³/mol. The van der Waals surface area contributed by atoms with Gasteiger partial charge < -0.3 is 69.6 Å². The van der Waals surface area contributed by atoms with Crippen LogP contribution in [0.4, 0.5) is 0 Å². The zero-order valence-electron chi connectivity index (χ0n) is 30.3. The molecule has 0 fully saturated rings. The smallest absolute Gasteiger partial charge is 0.327 e. The zero-order valence-corrected chi connectivity index (χ0v) is 32.1. The van der Waals surface area contributed by atoms with E-state index >= 15 is 0 Å². The number of carbonyl (C=O) groups is 10. The normalized spacial score (nSPS) is 15.1. The highest BCUT2D eigenvalue weighted by molar-refractivity contribution is 7.80. The minimum Gasteiger partial charge on any atom is -0.480 e. The maximum absolute atomic E-state index is 13.3. The number of rotatable bonds is 25. The van der Waals surface area contributed by atoms with Gasteiger partial charge in [0.2, 0.25) is 53.2 Å². The van der Waals surface area contributed by atoms with Crippen molar-refractivity contribution < 1.29 is 58.2 Å². The van der Waals surface area contributed by atoms with Crippen LogP contribution in [0.2, 0.25) is 0 Å². The number of carboxylic acids is 1. The van der Waals surface area contributed by atoms with Crippen LogP contribution >= 0.6 is 25.3 Å². The van der Waals surface area contributed by atoms with E-state index in [1.165, 1.54) is 26.4 Å². The fraction of sp³-hybridized carbons (Fsp3) is 0.567. The van der Waals surface area contributed by atoms with Crippen molar-refractivity contribution >= 4 is 84.4 Å². The highest BCUT2D eigenvalue weighted by Crippen LogP contribution is 2.04. The fourth-order valence-corrected chi connectivity index (χ4v) is 4.84. The van der Waals surface area contributed by atoms with Crippen LogP contribution in [-0.2, 0) is 54.4 Å². The van der Waals surface area contributed by atoms with E-state index in [2.05, 4.69) is 72.4 Å². The van der Waals surface area contributed by atoms with E-state index in [9.17, 15) is 58.2 Å². The Morgan fingerprint density at radius 3 is 1.64 bits per heavy atom. The number of nitrogens with zero attached hydrogens (tertiary/aromatic N) is 1. The first-order chi connectivity index (χ1) is 26.2. The number of H-pyrrole nitrogens is 1. The molecule has 1 heterocycles. The predicted octanol–water partition coefficient (Wildman–Crippen LogP) is -7.21. The molecular formula is C30H48N12O12S2. The minimum absolute atomic E-state index is 0.0296. The molecule has 9 amide bonds. The summed E-state index contributed by atoms with van der Waals surface area (Å²) in [6.45, 7) is 1.40. The minimum atomic E-state index is -1.76. The van der Waals surface area contributed by atoms with Gasteiger partial charge in [-0.1, -0.05) is 0 Å². The number of thiol groups is 2. The van der Waals surface area contributed by atoms with Gasteiger partial charge in [0.25, 0.3) is 0 Å². The number of aliphatic carboxylic acids is 1. The number of carbonyl (C=O) groups excluding carboxylic acids is 9. The first-order valence-electron chi connectivity index (χ1n) is 16.7. The van der Waals surface area contributed by atoms with Gasteiger partial charge in [-0.25, -0.2) is 9.78 Å². The Kier molecular flexibility index (Phi) is 20.9. The van der Waals surface area contributed by atoms with Crippen LogP contribution in [0.3, 0.4) is 0 Å². The molecule has 8 atom stereocenters. The first kappa shape index (κ1) is 48.5. The number of aromatic amines is 1. The lowest BCUT2D eigenvalue weighted by Crippen LogP contribution is -2.60. The van der Waals surface area contributed by atoms with E-state index in [1.54, 1.807) is 0 Å². The quantitative estimate of drug-likeness (QED) is 0.0407. The molecule has 1 aromatic heterocycles. The summed E-state index contributed by atoms with van der Waals surface area (Å²) >= 11 is 7.79. The summed E-state index contributed by atoms with van der Waals surface area (Å²) in [6, 6.07) is -11.6. The van der Waals surface area contributed by atoms with Gasteiger partial charge in [0.05, 0.1) is 25.4 Å². The summed E-state index contributed by atoms with van der Waals surface area (Å²) in [4.78, 5) is 132. The molecule has 0 saturated heterocycles. The number of carboxylic acid groups (broad SMARTS) is 1. The molecule has 16 N–H and O–H groups in total. The highest BCUT2D eigenvalue weighted by atomic mass is 32.1. The number of imidazole rings is 1. The van der Waals surface area contributed by atoms with Crippen molar-refractivity contribution in [2.45, 2.75) is 87.9 Å². The van der Waals surface area contributed by atoms with E-state index in [1.807, 2.05) is 0 Å². The van der Waals surface area contributed by atoms with Gasteiger partial charge in [-0.3, -0.25) is 43.2 Å². The lowest BCUT2D eigenvalue weighted by atomic mass is 10.1. The Balaban J connectivity index is 3.11. The van der Waals surface area contributed by atoms with Crippen LogP contribution in [0.15, 0.2) is 12.5 Å². The molecule has 0 radical (unpaired) electrons. The second kappa shape index (κ2) is 24.1. The standard InChI is InChI=1S/C30H48N12O12S2/c1-12(36-25(48)15(31)9-55)24(47)39-18(6-22(33)45)27(50)37-13(2)23(46)38-16(3-4-21(32)44)26(49)41-19(8-43)29(52)40-17(5-14-7-34-11-35-14)28(51)42-20(10-56)30(53)54/h7,11-13,15-20,43,55-56H,3-6,8-10,31H2,1-2H3,(H2,32,44)(H2,33,45)(H,34,35)(H,36,48)(H,37,50)(H,38,46)(H,39,47)(H,40,52)(H,41,49)(H,42,51)(H,53,54)/t12-,13-,15-,16-,17-,18-,19-,20-/m0/s1. The molecule has 312 valence electrons. The van der Waals surface area contributed by atoms with Crippen LogP contribution in [-0.4, -0.2) is 146 Å². The van der Waals surface area contributed by atoms with E-state index in [0.717, 1.165) is 0 Å². The first-order valence-corrected chi connectivity index (χ1v) is 18.0. The largest absolute Gasteiger partial charge is 0.480 e. The summed E-state index contributed by atoms with van der Waals surface area (Å²) in [5.74, 6) is -10.5. The van der Waals surface area contributed by atoms with Gasteiger partial charge >= 0.3 is 5.97 Å². The van der Waals surface area contributed by atoms with E-state index in [4.69, 9.17) is 17.2 Å². The third kappa shape index (κ3) is 16.9. The molecule has 1 rings (SSSR count). The molecule has 1 aromatic rings. The van der Waals surface area contributed by atoms with Gasteiger partial charge in [0.1, 0.15) is 42.3 Å². The summed E-state index contributed by atoms with van der Waals surface area (Å²) in [6.07, 6.45) is 0.774. The van der Waals surface area contributed by atoms with Crippen LogP contribution in [0.1, 0.15) is 38.8 Å². The van der Waals surface area contributed by atoms with Crippen molar-refractivity contribution in [3.8, 4) is 0 Å². The van der Waals surface area contributed by atoms with Crippen LogP contribution < -0.4 is 54.4 Å². The van der Waals surface area contributed by atoms with E-state index in [0.29, 0.717) is 5.69 Å². The summed E-state index contributed by atoms with van der Waals surface area (Å²) in [5, 5.41) is 35.1. The number of aromatic nitrogens is 2. The Hall–Kier alpha value is -5.47. The van der Waals surface area contributed by atoms with Gasteiger partial charge in [-0.05, 0) is 20.3 Å². The van der Waals surface area contributed by atoms with Crippen LogP contribution in [0.5, 0.6) is 0 Å². The average molecular weight is 833 g/mol. The molecular weight excluding hydrogens is 785 g/mol. The molecule has 0 aliphatic heterocycles. The van der Waals surface area contributed by atoms with Crippen molar-refractivity contribution in [2.75, 3.05) is 18.1 Å². The summed E-state index contributed by atoms with van der Waals surface area (Å²) < 4.78 is 0. The molecule has 0 aliphatic carbocycles. The van der Waals surface area contributed by atoms with Crippen LogP contribution in [0.25, 0.3) is 0 Å². The lowest BCUT2D eigenvalue weighted by Gasteiger charge is -2.26. The third-order valence-electron chi connectivity index (χ3n) is 7.61. The van der Waals surface area contributed by atoms with Crippen molar-refractivity contribution in [3.63, 3.8) is 0 Å². The van der Waals surface area contributed by atoms with Gasteiger partial charge in [0, 0.05) is 36.2 Å². The molecule has 0 aromatic carbocycles. The van der Waals surface area contributed by atoms with Gasteiger partial charge in [-0.2, -0.15) is 25.3 Å². The molecule has 0 saturated carbocycles. The summed E-state index contributed by atoms with van der Waals surface area (Å²) in [7, 11) is 0. The number of aliphatic hydroxyl groups excluding tert-OH is 1. The number of nitrogens with one attached hydrogen (secondary N) is 8. The maximum Gasteiger partial charge on any atom is 0.327 e. The molecule has 26 heteroatoms. The van der Waals surface area contributed by atoms with Gasteiger partial charge in [0.15, 0.2) is 0 Å². The van der Waals surface area contributed by atoms with E-state index in [-0.39, 0.29) is 17.9 Å². The highest BCUT2D eigenvalue weighted by Gasteiger charge is 2.33. The average Bonchev–Trinajstić information content (AvgIpc) is 3.65. The number of aliphatic hydroxyl groups is 1. The third-order valence-corrected chi connectivity index (χ3v) is 8.37. The second-order valence-electron chi connectivity index (χ2n) is 12.2. The number of amides is 9. The molecule has 0 bridgehead atoms. The molecule has 0 aliphatic rings. The number of primary amides is 2. The molecule has 24 nitrogen and oxygen atoms in total.